The zero-order chi connectivity index (χ0) is 26.7. The first-order valence-electron chi connectivity index (χ1n) is 10.9. The highest BCUT2D eigenvalue weighted by Gasteiger charge is 2.33. The molecule has 0 unspecified atom stereocenters. The Balaban J connectivity index is 1.62. The van der Waals surface area contributed by atoms with E-state index >= 15 is 0 Å². The first-order valence-corrected chi connectivity index (χ1v) is 14.0. The summed E-state index contributed by atoms with van der Waals surface area (Å²) in [6.07, 6.45) is -2.50. The number of alkyl halides is 3. The molecule has 1 fully saturated rings. The van der Waals surface area contributed by atoms with Crippen LogP contribution in [-0.4, -0.2) is 68.3 Å². The third-order valence-corrected chi connectivity index (χ3v) is 8.90. The van der Waals surface area contributed by atoms with Crippen LogP contribution in [0.5, 0.6) is 0 Å². The SMILES string of the molecule is CCCCS(=O)(=O)N1CCN(S(=O)(=O)NC(=O)c2coc(Nc3cc(C(F)(F)F)ccc3C)n2)CC1. The summed E-state index contributed by atoms with van der Waals surface area (Å²) in [5.74, 6) is -1.14. The number of sulfonamides is 1. The average molecular weight is 554 g/mol. The fourth-order valence-electron chi connectivity index (χ4n) is 3.36. The number of anilines is 2. The smallest absolute Gasteiger partial charge is 0.416 e. The predicted molar refractivity (Wildman–Crippen MR) is 124 cm³/mol. The summed E-state index contributed by atoms with van der Waals surface area (Å²) in [6.45, 7) is 3.04. The predicted octanol–water partition coefficient (Wildman–Crippen LogP) is 2.47. The molecule has 1 aliphatic rings. The lowest BCUT2D eigenvalue weighted by Gasteiger charge is -2.33. The third kappa shape index (κ3) is 6.74. The van der Waals surface area contributed by atoms with E-state index in [0.717, 1.165) is 22.7 Å². The van der Waals surface area contributed by atoms with Crippen LogP contribution in [0.15, 0.2) is 28.9 Å². The van der Waals surface area contributed by atoms with Crippen molar-refractivity contribution in [2.75, 3.05) is 37.2 Å². The number of hydrogen-bond acceptors (Lipinski definition) is 8. The number of nitrogens with one attached hydrogen (secondary N) is 2. The van der Waals surface area contributed by atoms with Crippen molar-refractivity contribution >= 4 is 37.8 Å². The standard InChI is InChI=1S/C20H26F3N5O6S2/c1-3-4-11-35(30,31)27-7-9-28(10-8-27)36(32,33)26-18(29)17-13-34-19(25-17)24-16-12-15(20(21,22)23)6-5-14(16)2/h5-6,12-13H,3-4,7-11H2,1-2H3,(H,24,25)(H,26,29). The molecule has 11 nitrogen and oxygen atoms in total. The van der Waals surface area contributed by atoms with Crippen LogP contribution in [0.1, 0.15) is 41.4 Å². The van der Waals surface area contributed by atoms with E-state index in [4.69, 9.17) is 4.42 Å². The maximum atomic E-state index is 13.0. The van der Waals surface area contributed by atoms with Gasteiger partial charge in [0.15, 0.2) is 5.69 Å². The van der Waals surface area contributed by atoms with Crippen molar-refractivity contribution in [2.24, 2.45) is 0 Å². The Morgan fingerprint density at radius 1 is 1.11 bits per heavy atom. The summed E-state index contributed by atoms with van der Waals surface area (Å²) in [6, 6.07) is 2.71. The highest BCUT2D eigenvalue weighted by molar-refractivity contribution is 7.89. The zero-order valence-corrected chi connectivity index (χ0v) is 21.1. The number of unbranched alkanes of at least 4 members (excludes halogenated alkanes) is 1. The molecular formula is C20H26F3N5O6S2. The first kappa shape index (κ1) is 27.9. The van der Waals surface area contributed by atoms with Gasteiger partial charge in [0.1, 0.15) is 6.26 Å². The molecule has 0 radical (unpaired) electrons. The van der Waals surface area contributed by atoms with Gasteiger partial charge in [0.05, 0.1) is 11.3 Å². The van der Waals surface area contributed by atoms with Crippen molar-refractivity contribution in [1.82, 2.24) is 18.3 Å². The number of nitrogens with zero attached hydrogens (tertiary/aromatic N) is 3. The molecule has 0 aliphatic carbocycles. The summed E-state index contributed by atoms with van der Waals surface area (Å²) in [5.41, 5.74) is -0.834. The first-order chi connectivity index (χ1) is 16.7. The van der Waals surface area contributed by atoms with Crippen LogP contribution in [0.4, 0.5) is 24.9 Å². The molecule has 36 heavy (non-hydrogen) atoms. The molecule has 1 aromatic heterocycles. The largest absolute Gasteiger partial charge is 0.431 e. The van der Waals surface area contributed by atoms with Crippen molar-refractivity contribution in [1.29, 1.82) is 0 Å². The van der Waals surface area contributed by atoms with E-state index in [1.165, 1.54) is 10.4 Å². The number of halogens is 3. The maximum absolute atomic E-state index is 13.0. The molecule has 0 spiro atoms. The fourth-order valence-corrected chi connectivity index (χ4v) is 6.11. The average Bonchev–Trinajstić information content (AvgIpc) is 3.27. The Morgan fingerprint density at radius 2 is 1.75 bits per heavy atom. The van der Waals surface area contributed by atoms with Crippen molar-refractivity contribution in [2.45, 2.75) is 32.9 Å². The number of carbonyl (C=O) groups excluding carboxylic acids is 1. The Hall–Kier alpha value is -2.69. The summed E-state index contributed by atoms with van der Waals surface area (Å²) < 4.78 is 97.8. The van der Waals surface area contributed by atoms with Gasteiger partial charge in [0.25, 0.3) is 11.9 Å². The van der Waals surface area contributed by atoms with Crippen LogP contribution >= 0.6 is 0 Å². The molecular weight excluding hydrogens is 527 g/mol. The van der Waals surface area contributed by atoms with Crippen molar-refractivity contribution in [3.63, 3.8) is 0 Å². The summed E-state index contributed by atoms with van der Waals surface area (Å²) in [7, 11) is -7.79. The van der Waals surface area contributed by atoms with Gasteiger partial charge >= 0.3 is 16.4 Å². The summed E-state index contributed by atoms with van der Waals surface area (Å²) in [5, 5.41) is 2.54. The van der Waals surface area contributed by atoms with Crippen molar-refractivity contribution in [3.05, 3.63) is 41.3 Å². The van der Waals surface area contributed by atoms with Gasteiger partial charge in [-0.2, -0.15) is 35.2 Å². The Kier molecular flexibility index (Phi) is 8.32. The van der Waals surface area contributed by atoms with Gasteiger partial charge in [-0.1, -0.05) is 19.4 Å². The minimum Gasteiger partial charge on any atom is -0.431 e. The van der Waals surface area contributed by atoms with Crippen molar-refractivity contribution < 1.29 is 39.2 Å². The number of hydrogen-bond donors (Lipinski definition) is 2. The monoisotopic (exact) mass is 553 g/mol. The Morgan fingerprint density at radius 3 is 2.36 bits per heavy atom. The highest BCUT2D eigenvalue weighted by atomic mass is 32.2. The van der Waals surface area contributed by atoms with Crippen molar-refractivity contribution in [3.8, 4) is 0 Å². The summed E-state index contributed by atoms with van der Waals surface area (Å²) >= 11 is 0. The number of rotatable bonds is 9. The number of piperazine rings is 1. The molecule has 2 aromatic rings. The van der Waals surface area contributed by atoms with Crippen LogP contribution in [0.2, 0.25) is 0 Å². The normalized spacial score (nSPS) is 16.1. The Bertz CT molecular complexity index is 1300. The molecule has 2 heterocycles. The second kappa shape index (κ2) is 10.7. The second-order valence-electron chi connectivity index (χ2n) is 8.09. The molecule has 200 valence electrons. The quantitative estimate of drug-likeness (QED) is 0.482. The van der Waals surface area contributed by atoms with Crippen LogP contribution in [0.25, 0.3) is 0 Å². The second-order valence-corrected chi connectivity index (χ2v) is 11.9. The topological polar surface area (TPSA) is 142 Å². The van der Waals surface area contributed by atoms with Gasteiger partial charge < -0.3 is 9.73 Å². The van der Waals surface area contributed by atoms with E-state index in [1.54, 1.807) is 6.92 Å². The molecule has 1 saturated heterocycles. The maximum Gasteiger partial charge on any atom is 0.416 e. The lowest BCUT2D eigenvalue weighted by molar-refractivity contribution is -0.137. The van der Waals surface area contributed by atoms with Gasteiger partial charge in [-0.05, 0) is 31.0 Å². The van der Waals surface area contributed by atoms with Gasteiger partial charge in [0.2, 0.25) is 10.0 Å². The van der Waals surface area contributed by atoms with Crippen LogP contribution < -0.4 is 10.0 Å². The lowest BCUT2D eigenvalue weighted by Crippen LogP contribution is -2.54. The zero-order valence-electron chi connectivity index (χ0n) is 19.5. The number of oxazole rings is 1. The van der Waals surface area contributed by atoms with Gasteiger partial charge in [0, 0.05) is 31.9 Å². The fraction of sp³-hybridized carbons (Fsp3) is 0.500. The summed E-state index contributed by atoms with van der Waals surface area (Å²) in [4.78, 5) is 16.2. The van der Waals surface area contributed by atoms with Gasteiger partial charge in [-0.15, -0.1) is 0 Å². The molecule has 3 rings (SSSR count). The third-order valence-electron chi connectivity index (χ3n) is 5.45. The lowest BCUT2D eigenvalue weighted by atomic mass is 10.1. The van der Waals surface area contributed by atoms with Gasteiger partial charge in [-0.25, -0.2) is 13.1 Å². The van der Waals surface area contributed by atoms with E-state index in [2.05, 4.69) is 10.3 Å². The van der Waals surface area contributed by atoms with E-state index in [9.17, 15) is 34.8 Å². The minimum atomic E-state index is -4.56. The molecule has 1 amide bonds. The molecule has 1 aromatic carbocycles. The number of amides is 1. The molecule has 0 saturated carbocycles. The number of benzene rings is 1. The Labute approximate surface area is 206 Å². The molecule has 0 atom stereocenters. The van der Waals surface area contributed by atoms with E-state index in [0.29, 0.717) is 18.4 Å². The van der Waals surface area contributed by atoms with E-state index in [-0.39, 0.29) is 43.6 Å². The number of carbonyl (C=O) groups is 1. The molecule has 0 bridgehead atoms. The molecule has 1 aliphatic heterocycles. The van der Waals surface area contributed by atoms with Gasteiger partial charge in [-0.3, -0.25) is 4.79 Å². The molecule has 2 N–H and O–H groups in total. The van der Waals surface area contributed by atoms with E-state index in [1.807, 2.05) is 11.6 Å². The van der Waals surface area contributed by atoms with Crippen LogP contribution in [0.3, 0.4) is 0 Å². The number of aromatic nitrogens is 1. The molecule has 16 heteroatoms. The van der Waals surface area contributed by atoms with Crippen LogP contribution in [0, 0.1) is 6.92 Å². The highest BCUT2D eigenvalue weighted by Crippen LogP contribution is 2.33. The minimum absolute atomic E-state index is 0.0183. The number of aryl methyl sites for hydroxylation is 1. The van der Waals surface area contributed by atoms with Crippen LogP contribution in [-0.2, 0) is 26.4 Å². The van der Waals surface area contributed by atoms with E-state index < -0.39 is 43.6 Å².